The number of benzene rings is 1. The van der Waals surface area contributed by atoms with Crippen molar-refractivity contribution >= 4 is 23.2 Å². The fourth-order valence-electron chi connectivity index (χ4n) is 2.27. The first-order chi connectivity index (χ1) is 10.7. The average Bonchev–Trinajstić information content (AvgIpc) is 2.55. The van der Waals surface area contributed by atoms with Crippen LogP contribution >= 0.6 is 0 Å². The molecule has 112 valence electrons. The lowest BCUT2D eigenvalue weighted by atomic mass is 10.2. The Morgan fingerprint density at radius 2 is 2.14 bits per heavy atom. The number of rotatable bonds is 4. The highest BCUT2D eigenvalue weighted by Crippen LogP contribution is 2.31. The molecule has 1 aromatic heterocycles. The van der Waals surface area contributed by atoms with Gasteiger partial charge in [-0.25, -0.2) is 0 Å². The summed E-state index contributed by atoms with van der Waals surface area (Å²) in [6.07, 6.45) is 3.42. The maximum atomic E-state index is 12.0. The molecule has 6 heteroatoms. The molecule has 2 aromatic rings. The van der Waals surface area contributed by atoms with Crippen LogP contribution in [0.25, 0.3) is 0 Å². The van der Waals surface area contributed by atoms with Gasteiger partial charge in [0.15, 0.2) is 6.61 Å². The zero-order valence-corrected chi connectivity index (χ0v) is 11.9. The van der Waals surface area contributed by atoms with Gasteiger partial charge in [-0.3, -0.25) is 14.6 Å². The molecule has 0 saturated carbocycles. The van der Waals surface area contributed by atoms with E-state index in [1.54, 1.807) is 29.4 Å². The highest BCUT2D eigenvalue weighted by molar-refractivity contribution is 5.99. The third-order valence-corrected chi connectivity index (χ3v) is 3.32. The Morgan fingerprint density at radius 3 is 2.95 bits per heavy atom. The third-order valence-electron chi connectivity index (χ3n) is 3.32. The molecule has 0 bridgehead atoms. The molecule has 6 nitrogen and oxygen atoms in total. The minimum atomic E-state index is -0.162. The summed E-state index contributed by atoms with van der Waals surface area (Å²) in [5, 5.41) is 2.75. The Morgan fingerprint density at radius 1 is 1.27 bits per heavy atom. The van der Waals surface area contributed by atoms with Crippen molar-refractivity contribution < 1.29 is 14.3 Å². The summed E-state index contributed by atoms with van der Waals surface area (Å²) in [5.74, 6) is 0.354. The summed E-state index contributed by atoms with van der Waals surface area (Å²) in [5.41, 5.74) is 1.34. The minimum absolute atomic E-state index is 0.00123. The number of nitrogens with one attached hydrogen (secondary N) is 1. The van der Waals surface area contributed by atoms with Crippen LogP contribution in [0.5, 0.6) is 5.75 Å². The summed E-state index contributed by atoms with van der Waals surface area (Å²) in [6.45, 7) is 0.312. The monoisotopic (exact) mass is 297 g/mol. The highest BCUT2D eigenvalue weighted by atomic mass is 16.5. The summed E-state index contributed by atoms with van der Waals surface area (Å²) in [6, 6.07) is 10.8. The first-order valence-corrected chi connectivity index (χ1v) is 6.96. The molecule has 22 heavy (non-hydrogen) atoms. The van der Waals surface area contributed by atoms with E-state index in [0.29, 0.717) is 23.7 Å². The van der Waals surface area contributed by atoms with Crippen LogP contribution < -0.4 is 15.0 Å². The lowest BCUT2D eigenvalue weighted by Crippen LogP contribution is -2.40. The number of amides is 2. The summed E-state index contributed by atoms with van der Waals surface area (Å²) in [7, 11) is 0. The third kappa shape index (κ3) is 3.06. The van der Waals surface area contributed by atoms with Gasteiger partial charge in [0.05, 0.1) is 17.6 Å². The summed E-state index contributed by atoms with van der Waals surface area (Å²) < 4.78 is 5.37. The Kier molecular flexibility index (Phi) is 4.00. The number of ether oxygens (including phenoxy) is 1. The van der Waals surface area contributed by atoms with Gasteiger partial charge in [0.25, 0.3) is 5.91 Å². The van der Waals surface area contributed by atoms with Crippen LogP contribution in [-0.4, -0.2) is 29.9 Å². The topological polar surface area (TPSA) is 71.5 Å². The van der Waals surface area contributed by atoms with E-state index < -0.39 is 0 Å². The van der Waals surface area contributed by atoms with Crippen LogP contribution in [0.4, 0.5) is 11.4 Å². The number of aromatic nitrogens is 1. The van der Waals surface area contributed by atoms with Gasteiger partial charge in [-0.2, -0.15) is 0 Å². The number of anilines is 2. The summed E-state index contributed by atoms with van der Waals surface area (Å²) in [4.78, 5) is 29.5. The van der Waals surface area contributed by atoms with Crippen molar-refractivity contribution in [3.63, 3.8) is 0 Å². The molecule has 0 saturated heterocycles. The zero-order valence-electron chi connectivity index (χ0n) is 11.9. The molecule has 0 radical (unpaired) electrons. The van der Waals surface area contributed by atoms with Gasteiger partial charge in [0, 0.05) is 19.2 Å². The fraction of sp³-hybridized carbons (Fsp3) is 0.188. The standard InChI is InChI=1S/C16H15N3O3/c20-15(18-12-4-3-8-17-10-12)7-9-19-13-5-1-2-6-14(13)22-11-16(19)21/h1-6,8,10H,7,9,11H2,(H,18,20). The van der Waals surface area contributed by atoms with Gasteiger partial charge >= 0.3 is 0 Å². The van der Waals surface area contributed by atoms with E-state index >= 15 is 0 Å². The smallest absolute Gasteiger partial charge is 0.265 e. The molecular weight excluding hydrogens is 282 g/mol. The lowest BCUT2D eigenvalue weighted by Gasteiger charge is -2.29. The van der Waals surface area contributed by atoms with Crippen LogP contribution in [0.2, 0.25) is 0 Å². The number of para-hydroxylation sites is 2. The second kappa shape index (κ2) is 6.26. The van der Waals surface area contributed by atoms with Crippen LogP contribution in [0.15, 0.2) is 48.8 Å². The van der Waals surface area contributed by atoms with E-state index in [9.17, 15) is 9.59 Å². The Balaban J connectivity index is 1.64. The quantitative estimate of drug-likeness (QED) is 0.934. The molecule has 0 unspecified atom stereocenters. The normalized spacial score (nSPS) is 13.3. The van der Waals surface area contributed by atoms with Crippen molar-refractivity contribution in [2.75, 3.05) is 23.4 Å². The molecule has 0 aliphatic carbocycles. The second-order valence-corrected chi connectivity index (χ2v) is 4.84. The molecule has 1 aromatic carbocycles. The predicted molar refractivity (Wildman–Crippen MR) is 81.8 cm³/mol. The Hall–Kier alpha value is -2.89. The number of pyridine rings is 1. The van der Waals surface area contributed by atoms with Crippen molar-refractivity contribution in [2.24, 2.45) is 0 Å². The van der Waals surface area contributed by atoms with Gasteiger partial charge in [0.1, 0.15) is 5.75 Å². The van der Waals surface area contributed by atoms with Crippen molar-refractivity contribution in [1.82, 2.24) is 4.98 Å². The number of nitrogens with zero attached hydrogens (tertiary/aromatic N) is 2. The average molecular weight is 297 g/mol. The van der Waals surface area contributed by atoms with E-state index in [2.05, 4.69) is 10.3 Å². The van der Waals surface area contributed by atoms with Crippen molar-refractivity contribution in [3.05, 3.63) is 48.8 Å². The molecule has 2 heterocycles. The molecule has 1 aliphatic heterocycles. The SMILES string of the molecule is O=C(CCN1C(=O)COc2ccccc21)Nc1cccnc1. The number of carbonyl (C=O) groups is 2. The Bertz CT molecular complexity index is 688. The predicted octanol–water partition coefficient (Wildman–Crippen LogP) is 1.84. The molecular formula is C16H15N3O3. The van der Waals surface area contributed by atoms with Crippen molar-refractivity contribution in [3.8, 4) is 5.75 Å². The van der Waals surface area contributed by atoms with E-state index in [-0.39, 0.29) is 24.8 Å². The molecule has 1 N–H and O–H groups in total. The van der Waals surface area contributed by atoms with Gasteiger partial charge in [0.2, 0.25) is 5.91 Å². The second-order valence-electron chi connectivity index (χ2n) is 4.84. The van der Waals surface area contributed by atoms with Gasteiger partial charge in [-0.15, -0.1) is 0 Å². The summed E-state index contributed by atoms with van der Waals surface area (Å²) >= 11 is 0. The van der Waals surface area contributed by atoms with E-state index in [4.69, 9.17) is 4.74 Å². The van der Waals surface area contributed by atoms with Gasteiger partial charge < -0.3 is 15.0 Å². The van der Waals surface area contributed by atoms with E-state index in [1.807, 2.05) is 24.3 Å². The molecule has 2 amide bonds. The van der Waals surface area contributed by atoms with Crippen molar-refractivity contribution in [2.45, 2.75) is 6.42 Å². The van der Waals surface area contributed by atoms with E-state index in [1.165, 1.54) is 0 Å². The molecule has 0 fully saturated rings. The first-order valence-electron chi connectivity index (χ1n) is 6.96. The van der Waals surface area contributed by atoms with Gasteiger partial charge in [-0.1, -0.05) is 12.1 Å². The number of fused-ring (bicyclic) bond motifs is 1. The minimum Gasteiger partial charge on any atom is -0.482 e. The van der Waals surface area contributed by atoms with Crippen LogP contribution in [-0.2, 0) is 9.59 Å². The number of carbonyl (C=O) groups excluding carboxylic acids is 2. The van der Waals surface area contributed by atoms with Gasteiger partial charge in [-0.05, 0) is 24.3 Å². The number of hydrogen-bond donors (Lipinski definition) is 1. The molecule has 0 atom stereocenters. The Labute approximate surface area is 127 Å². The largest absolute Gasteiger partial charge is 0.482 e. The zero-order chi connectivity index (χ0) is 15.4. The molecule has 0 spiro atoms. The number of hydrogen-bond acceptors (Lipinski definition) is 4. The fourth-order valence-corrected chi connectivity index (χ4v) is 2.27. The highest BCUT2D eigenvalue weighted by Gasteiger charge is 2.25. The molecule has 3 rings (SSSR count). The molecule has 1 aliphatic rings. The van der Waals surface area contributed by atoms with Crippen LogP contribution in [0.3, 0.4) is 0 Å². The first kappa shape index (κ1) is 14.1. The maximum Gasteiger partial charge on any atom is 0.265 e. The maximum absolute atomic E-state index is 12.0. The van der Waals surface area contributed by atoms with Crippen molar-refractivity contribution in [1.29, 1.82) is 0 Å². The lowest BCUT2D eigenvalue weighted by molar-refractivity contribution is -0.121. The van der Waals surface area contributed by atoms with Crippen LogP contribution in [0, 0.1) is 0 Å². The van der Waals surface area contributed by atoms with Crippen LogP contribution in [0.1, 0.15) is 6.42 Å². The van der Waals surface area contributed by atoms with E-state index in [0.717, 1.165) is 0 Å².